The van der Waals surface area contributed by atoms with Gasteiger partial charge in [-0.2, -0.15) is 0 Å². The minimum Gasteiger partial charge on any atom is -0.396 e. The van der Waals surface area contributed by atoms with Gasteiger partial charge < -0.3 is 10.0 Å². The first kappa shape index (κ1) is 15.0. The predicted octanol–water partition coefficient (Wildman–Crippen LogP) is 3.30. The summed E-state index contributed by atoms with van der Waals surface area (Å²) in [6.45, 7) is 8.17. The third-order valence-corrected chi connectivity index (χ3v) is 5.05. The molecule has 2 nitrogen and oxygen atoms in total. The van der Waals surface area contributed by atoms with E-state index in [1.54, 1.807) is 0 Å². The van der Waals surface area contributed by atoms with Crippen LogP contribution in [0, 0.1) is 11.3 Å². The number of hydrogen-bond acceptors (Lipinski definition) is 2. The molecule has 0 bridgehead atoms. The topological polar surface area (TPSA) is 23.5 Å². The molecule has 0 aromatic heterocycles. The lowest BCUT2D eigenvalue weighted by atomic mass is 9.80. The summed E-state index contributed by atoms with van der Waals surface area (Å²) < 4.78 is 0. The monoisotopic (exact) mass is 241 g/mol. The first-order valence-corrected chi connectivity index (χ1v) is 7.39. The second-order valence-electron chi connectivity index (χ2n) is 6.11. The fraction of sp³-hybridized carbons (Fsp3) is 1.00. The lowest BCUT2D eigenvalue weighted by Gasteiger charge is -2.41. The standard InChI is InChI=1S/C15H31NO/c1-5-15(6-2,12-17)11-16(4)14-10-8-7-9-13(14)3/h13-14,17H,5-12H2,1-4H3. The highest BCUT2D eigenvalue weighted by Crippen LogP contribution is 2.32. The molecule has 0 spiro atoms. The summed E-state index contributed by atoms with van der Waals surface area (Å²) in [4.78, 5) is 2.52. The summed E-state index contributed by atoms with van der Waals surface area (Å²) in [6.07, 6.45) is 7.64. The fourth-order valence-corrected chi connectivity index (χ4v) is 3.35. The van der Waals surface area contributed by atoms with Gasteiger partial charge in [0.25, 0.3) is 0 Å². The molecule has 0 aromatic carbocycles. The highest BCUT2D eigenvalue weighted by molar-refractivity contribution is 4.85. The van der Waals surface area contributed by atoms with Crippen LogP contribution < -0.4 is 0 Å². The quantitative estimate of drug-likeness (QED) is 0.771. The molecule has 2 heteroatoms. The molecule has 0 aromatic rings. The lowest BCUT2D eigenvalue weighted by molar-refractivity contribution is 0.0380. The van der Waals surface area contributed by atoms with Crippen LogP contribution in [0.15, 0.2) is 0 Å². The molecule has 1 N–H and O–H groups in total. The summed E-state index contributed by atoms with van der Waals surface area (Å²) in [5.74, 6) is 0.818. The van der Waals surface area contributed by atoms with Crippen molar-refractivity contribution in [2.45, 2.75) is 65.3 Å². The van der Waals surface area contributed by atoms with Crippen molar-refractivity contribution in [2.75, 3.05) is 20.2 Å². The largest absolute Gasteiger partial charge is 0.396 e. The van der Waals surface area contributed by atoms with Crippen LogP contribution in [-0.4, -0.2) is 36.2 Å². The Morgan fingerprint density at radius 2 is 1.76 bits per heavy atom. The summed E-state index contributed by atoms with van der Waals surface area (Å²) >= 11 is 0. The van der Waals surface area contributed by atoms with E-state index in [1.807, 2.05) is 0 Å². The molecule has 0 saturated heterocycles. The second-order valence-corrected chi connectivity index (χ2v) is 6.11. The van der Waals surface area contributed by atoms with E-state index in [-0.39, 0.29) is 5.41 Å². The van der Waals surface area contributed by atoms with Crippen LogP contribution in [0.4, 0.5) is 0 Å². The van der Waals surface area contributed by atoms with Crippen molar-refractivity contribution < 1.29 is 5.11 Å². The summed E-state index contributed by atoms with van der Waals surface area (Å²) in [7, 11) is 2.25. The highest BCUT2D eigenvalue weighted by Gasteiger charge is 2.32. The maximum Gasteiger partial charge on any atom is 0.0499 e. The molecule has 102 valence electrons. The zero-order valence-corrected chi connectivity index (χ0v) is 12.2. The van der Waals surface area contributed by atoms with Crippen molar-refractivity contribution in [2.24, 2.45) is 11.3 Å². The van der Waals surface area contributed by atoms with Crippen molar-refractivity contribution in [3.05, 3.63) is 0 Å². The molecular formula is C15H31NO. The minimum absolute atomic E-state index is 0.117. The van der Waals surface area contributed by atoms with Crippen LogP contribution >= 0.6 is 0 Å². The van der Waals surface area contributed by atoms with Gasteiger partial charge in [0.05, 0.1) is 0 Å². The van der Waals surface area contributed by atoms with Crippen molar-refractivity contribution in [1.82, 2.24) is 4.90 Å². The molecule has 1 aliphatic carbocycles. The molecule has 2 atom stereocenters. The van der Waals surface area contributed by atoms with Crippen molar-refractivity contribution >= 4 is 0 Å². The van der Waals surface area contributed by atoms with Crippen LogP contribution in [0.2, 0.25) is 0 Å². The van der Waals surface area contributed by atoms with Crippen molar-refractivity contribution in [3.8, 4) is 0 Å². The van der Waals surface area contributed by atoms with Crippen LogP contribution in [0.1, 0.15) is 59.3 Å². The third-order valence-electron chi connectivity index (χ3n) is 5.05. The van der Waals surface area contributed by atoms with E-state index >= 15 is 0 Å². The average Bonchev–Trinajstić information content (AvgIpc) is 2.36. The number of hydrogen-bond donors (Lipinski definition) is 1. The molecule has 17 heavy (non-hydrogen) atoms. The predicted molar refractivity (Wildman–Crippen MR) is 74.2 cm³/mol. The van der Waals surface area contributed by atoms with E-state index in [0.29, 0.717) is 6.61 Å². The Bertz CT molecular complexity index is 205. The minimum atomic E-state index is 0.117. The van der Waals surface area contributed by atoms with Gasteiger partial charge in [-0.1, -0.05) is 33.6 Å². The van der Waals surface area contributed by atoms with E-state index < -0.39 is 0 Å². The van der Waals surface area contributed by atoms with Crippen molar-refractivity contribution in [1.29, 1.82) is 0 Å². The Morgan fingerprint density at radius 1 is 1.18 bits per heavy atom. The van der Waals surface area contributed by atoms with E-state index in [1.165, 1.54) is 25.7 Å². The van der Waals surface area contributed by atoms with Gasteiger partial charge in [-0.05, 0) is 38.6 Å². The average molecular weight is 241 g/mol. The van der Waals surface area contributed by atoms with Gasteiger partial charge in [-0.15, -0.1) is 0 Å². The van der Waals surface area contributed by atoms with Crippen LogP contribution in [0.25, 0.3) is 0 Å². The number of aliphatic hydroxyl groups excluding tert-OH is 1. The normalized spacial score (nSPS) is 26.5. The van der Waals surface area contributed by atoms with E-state index in [9.17, 15) is 5.11 Å². The molecule has 1 rings (SSSR count). The maximum atomic E-state index is 9.66. The van der Waals surface area contributed by atoms with Crippen LogP contribution in [0.3, 0.4) is 0 Å². The Kier molecular flexibility index (Phi) is 5.94. The fourth-order valence-electron chi connectivity index (χ4n) is 3.35. The Hall–Kier alpha value is -0.0800. The zero-order valence-electron chi connectivity index (χ0n) is 12.2. The molecule has 0 aliphatic heterocycles. The highest BCUT2D eigenvalue weighted by atomic mass is 16.3. The Morgan fingerprint density at radius 3 is 2.24 bits per heavy atom. The van der Waals surface area contributed by atoms with Crippen LogP contribution in [0.5, 0.6) is 0 Å². The molecule has 1 fully saturated rings. The van der Waals surface area contributed by atoms with Gasteiger partial charge in [-0.3, -0.25) is 0 Å². The molecule has 0 radical (unpaired) electrons. The Balaban J connectivity index is 2.59. The lowest BCUT2D eigenvalue weighted by Crippen LogP contribution is -2.46. The van der Waals surface area contributed by atoms with E-state index in [4.69, 9.17) is 0 Å². The SMILES string of the molecule is CCC(CC)(CO)CN(C)C1CCCCC1C. The number of rotatable bonds is 6. The molecule has 1 aliphatic rings. The molecule has 0 heterocycles. The number of nitrogens with zero attached hydrogens (tertiary/aromatic N) is 1. The van der Waals surface area contributed by atoms with Gasteiger partial charge in [0.2, 0.25) is 0 Å². The summed E-state index contributed by atoms with van der Waals surface area (Å²) in [5, 5.41) is 9.66. The van der Waals surface area contributed by atoms with Gasteiger partial charge >= 0.3 is 0 Å². The molecular weight excluding hydrogens is 210 g/mol. The number of aliphatic hydroxyl groups is 1. The van der Waals surface area contributed by atoms with E-state index in [2.05, 4.69) is 32.7 Å². The second kappa shape index (κ2) is 6.75. The third kappa shape index (κ3) is 3.69. The molecule has 1 saturated carbocycles. The van der Waals surface area contributed by atoms with Gasteiger partial charge in [0.1, 0.15) is 0 Å². The molecule has 2 unspecified atom stereocenters. The zero-order chi connectivity index (χ0) is 12.9. The summed E-state index contributed by atoms with van der Waals surface area (Å²) in [5.41, 5.74) is 0.117. The van der Waals surface area contributed by atoms with Gasteiger partial charge in [0, 0.05) is 24.6 Å². The Labute approximate surface area is 107 Å². The van der Waals surface area contributed by atoms with E-state index in [0.717, 1.165) is 31.3 Å². The molecule has 0 amide bonds. The maximum absolute atomic E-state index is 9.66. The smallest absolute Gasteiger partial charge is 0.0499 e. The van der Waals surface area contributed by atoms with Crippen molar-refractivity contribution in [3.63, 3.8) is 0 Å². The first-order chi connectivity index (χ1) is 8.08. The summed E-state index contributed by atoms with van der Waals surface area (Å²) in [6, 6.07) is 0.729. The first-order valence-electron chi connectivity index (χ1n) is 7.39. The van der Waals surface area contributed by atoms with Gasteiger partial charge in [-0.25, -0.2) is 0 Å². The van der Waals surface area contributed by atoms with Crippen LogP contribution in [-0.2, 0) is 0 Å². The van der Waals surface area contributed by atoms with Gasteiger partial charge in [0.15, 0.2) is 0 Å².